The van der Waals surface area contributed by atoms with Crippen molar-refractivity contribution >= 4 is 39.2 Å². The summed E-state index contributed by atoms with van der Waals surface area (Å²) in [5.41, 5.74) is 0.261. The number of hydrogen-bond acceptors (Lipinski definition) is 5. The Labute approximate surface area is 144 Å². The van der Waals surface area contributed by atoms with Gasteiger partial charge in [0.05, 0.1) is 16.1 Å². The van der Waals surface area contributed by atoms with Crippen molar-refractivity contribution in [3.63, 3.8) is 0 Å². The average molecular weight is 392 g/mol. The van der Waals surface area contributed by atoms with Crippen molar-refractivity contribution < 1.29 is 24.3 Å². The third kappa shape index (κ3) is 2.95. The maximum absolute atomic E-state index is 11.7. The van der Waals surface area contributed by atoms with Gasteiger partial charge in [-0.3, -0.25) is 10.1 Å². The van der Waals surface area contributed by atoms with E-state index in [2.05, 4.69) is 15.9 Å². The van der Waals surface area contributed by atoms with Crippen LogP contribution in [0.1, 0.15) is 11.1 Å². The number of carboxylic acid groups (broad SMARTS) is 1. The Bertz CT molecular complexity index is 877. The number of hydrogen-bond donors (Lipinski definition) is 1. The van der Waals surface area contributed by atoms with Crippen LogP contribution in [0.15, 0.2) is 40.9 Å². The van der Waals surface area contributed by atoms with Crippen LogP contribution in [0.4, 0.5) is 5.69 Å². The highest BCUT2D eigenvalue weighted by Gasteiger charge is 2.22. The van der Waals surface area contributed by atoms with E-state index in [9.17, 15) is 20.0 Å². The summed E-state index contributed by atoms with van der Waals surface area (Å²) >= 11 is 3.31. The molecule has 1 aliphatic heterocycles. The summed E-state index contributed by atoms with van der Waals surface area (Å²) in [5, 5.41) is 20.7. The normalized spacial score (nSPS) is 13.0. The minimum Gasteiger partial charge on any atom is -0.478 e. The molecule has 0 atom stereocenters. The molecule has 7 nitrogen and oxygen atoms in total. The number of nitro benzene ring substituents is 1. The van der Waals surface area contributed by atoms with Gasteiger partial charge in [-0.15, -0.1) is 0 Å². The first-order valence-corrected chi connectivity index (χ1v) is 7.54. The smallest absolute Gasteiger partial charge is 0.336 e. The fourth-order valence-electron chi connectivity index (χ4n) is 2.31. The van der Waals surface area contributed by atoms with Gasteiger partial charge in [-0.05, 0) is 24.3 Å². The monoisotopic (exact) mass is 391 g/mol. The van der Waals surface area contributed by atoms with Crippen LogP contribution >= 0.6 is 15.9 Å². The summed E-state index contributed by atoms with van der Waals surface area (Å²) in [4.78, 5) is 22.3. The molecule has 0 aliphatic carbocycles. The number of nitrogens with zero attached hydrogens (tertiary/aromatic N) is 1. The Morgan fingerprint density at radius 1 is 1.25 bits per heavy atom. The summed E-state index contributed by atoms with van der Waals surface area (Å²) in [6.07, 6.45) is 1.27. The Morgan fingerprint density at radius 2 is 1.92 bits per heavy atom. The third-order valence-corrected chi connectivity index (χ3v) is 4.07. The quantitative estimate of drug-likeness (QED) is 0.369. The molecule has 2 aromatic rings. The molecule has 1 aliphatic rings. The molecule has 24 heavy (non-hydrogen) atoms. The van der Waals surface area contributed by atoms with Gasteiger partial charge in [0.25, 0.3) is 5.69 Å². The Hall–Kier alpha value is -2.87. The van der Waals surface area contributed by atoms with Crippen LogP contribution in [0, 0.1) is 10.1 Å². The number of nitro groups is 1. The SMILES string of the molecule is O=C(O)/C(=C\c1ccccc1[N+](=O)[O-])c1cc2c(cc1Br)OCO2. The molecule has 0 aromatic heterocycles. The second-order valence-corrected chi connectivity index (χ2v) is 5.72. The van der Waals surface area contributed by atoms with Gasteiger partial charge in [0.15, 0.2) is 11.5 Å². The van der Waals surface area contributed by atoms with E-state index >= 15 is 0 Å². The topological polar surface area (TPSA) is 98.9 Å². The molecule has 122 valence electrons. The zero-order chi connectivity index (χ0) is 17.3. The van der Waals surface area contributed by atoms with Gasteiger partial charge in [-0.1, -0.05) is 28.1 Å². The van der Waals surface area contributed by atoms with Crippen molar-refractivity contribution in [3.8, 4) is 11.5 Å². The minimum absolute atomic E-state index is 0.0570. The second kappa shape index (κ2) is 6.32. The molecule has 0 bridgehead atoms. The summed E-state index contributed by atoms with van der Waals surface area (Å²) in [6, 6.07) is 9.07. The van der Waals surface area contributed by atoms with Crippen molar-refractivity contribution in [3.05, 3.63) is 62.1 Å². The molecule has 3 rings (SSSR count). The Kier molecular flexibility index (Phi) is 4.22. The number of fused-ring (bicyclic) bond motifs is 1. The number of ether oxygens (including phenoxy) is 2. The molecule has 8 heteroatoms. The molecule has 0 unspecified atom stereocenters. The van der Waals surface area contributed by atoms with E-state index in [-0.39, 0.29) is 23.6 Å². The van der Waals surface area contributed by atoms with Crippen molar-refractivity contribution in [1.82, 2.24) is 0 Å². The number of carboxylic acids is 1. The van der Waals surface area contributed by atoms with Gasteiger partial charge >= 0.3 is 5.97 Å². The van der Waals surface area contributed by atoms with E-state index in [0.29, 0.717) is 21.5 Å². The van der Waals surface area contributed by atoms with E-state index in [1.165, 1.54) is 30.3 Å². The van der Waals surface area contributed by atoms with Gasteiger partial charge in [-0.25, -0.2) is 4.79 Å². The van der Waals surface area contributed by atoms with Gasteiger partial charge in [0.1, 0.15) is 0 Å². The Morgan fingerprint density at radius 3 is 2.58 bits per heavy atom. The molecule has 0 saturated heterocycles. The van der Waals surface area contributed by atoms with Crippen molar-refractivity contribution in [2.24, 2.45) is 0 Å². The lowest BCUT2D eigenvalue weighted by Crippen LogP contribution is -2.01. The van der Waals surface area contributed by atoms with Crippen LogP contribution in [0.25, 0.3) is 11.6 Å². The lowest BCUT2D eigenvalue weighted by molar-refractivity contribution is -0.385. The van der Waals surface area contributed by atoms with E-state index in [4.69, 9.17) is 9.47 Å². The number of benzene rings is 2. The van der Waals surface area contributed by atoms with E-state index in [0.717, 1.165) is 0 Å². The molecule has 1 heterocycles. The summed E-state index contributed by atoms with van der Waals surface area (Å²) in [6.45, 7) is 0.0570. The fourth-order valence-corrected chi connectivity index (χ4v) is 2.85. The van der Waals surface area contributed by atoms with Crippen LogP contribution in [-0.2, 0) is 4.79 Å². The zero-order valence-electron chi connectivity index (χ0n) is 12.1. The van der Waals surface area contributed by atoms with Crippen LogP contribution in [0.3, 0.4) is 0 Å². The van der Waals surface area contributed by atoms with Gasteiger partial charge in [0.2, 0.25) is 6.79 Å². The predicted molar refractivity (Wildman–Crippen MR) is 88.9 cm³/mol. The first-order valence-electron chi connectivity index (χ1n) is 6.75. The average Bonchev–Trinajstić information content (AvgIpc) is 2.99. The highest BCUT2D eigenvalue weighted by Crippen LogP contribution is 2.40. The molecule has 2 aromatic carbocycles. The van der Waals surface area contributed by atoms with Gasteiger partial charge in [0, 0.05) is 16.1 Å². The second-order valence-electron chi connectivity index (χ2n) is 4.86. The highest BCUT2D eigenvalue weighted by atomic mass is 79.9. The van der Waals surface area contributed by atoms with Crippen LogP contribution < -0.4 is 9.47 Å². The third-order valence-electron chi connectivity index (χ3n) is 3.42. The van der Waals surface area contributed by atoms with Crippen LogP contribution in [0.2, 0.25) is 0 Å². The highest BCUT2D eigenvalue weighted by molar-refractivity contribution is 9.10. The first-order chi connectivity index (χ1) is 11.5. The molecular formula is C16H10BrNO6. The standard InChI is InChI=1S/C16H10BrNO6/c17-12-7-15-14(23-8-24-15)6-10(12)11(16(19)20)5-9-3-1-2-4-13(9)18(21)22/h1-7H,8H2,(H,19,20)/b11-5-. The molecule has 0 spiro atoms. The lowest BCUT2D eigenvalue weighted by atomic mass is 10.0. The number of rotatable bonds is 4. The van der Waals surface area contributed by atoms with Crippen LogP contribution in [-0.4, -0.2) is 22.8 Å². The Balaban J connectivity index is 2.16. The fraction of sp³-hybridized carbons (Fsp3) is 0.0625. The minimum atomic E-state index is -1.22. The number of para-hydroxylation sites is 1. The van der Waals surface area contributed by atoms with Crippen molar-refractivity contribution in [2.75, 3.05) is 6.79 Å². The number of carbonyl (C=O) groups is 1. The summed E-state index contributed by atoms with van der Waals surface area (Å²) < 4.78 is 11.0. The van der Waals surface area contributed by atoms with Crippen LogP contribution in [0.5, 0.6) is 11.5 Å². The summed E-state index contributed by atoms with van der Waals surface area (Å²) in [7, 11) is 0. The molecule has 0 radical (unpaired) electrons. The van der Waals surface area contributed by atoms with Gasteiger partial charge < -0.3 is 14.6 Å². The van der Waals surface area contributed by atoms with E-state index in [1.807, 2.05) is 0 Å². The van der Waals surface area contributed by atoms with Crippen molar-refractivity contribution in [1.29, 1.82) is 0 Å². The molecule has 0 saturated carbocycles. The summed E-state index contributed by atoms with van der Waals surface area (Å²) in [5.74, 6) is -0.295. The first kappa shape index (κ1) is 16.0. The maximum atomic E-state index is 11.7. The molecule has 0 fully saturated rings. The zero-order valence-corrected chi connectivity index (χ0v) is 13.6. The van der Waals surface area contributed by atoms with E-state index < -0.39 is 10.9 Å². The molecular weight excluding hydrogens is 382 g/mol. The lowest BCUT2D eigenvalue weighted by Gasteiger charge is -2.08. The van der Waals surface area contributed by atoms with Gasteiger partial charge in [-0.2, -0.15) is 0 Å². The molecule has 1 N–H and O–H groups in total. The van der Waals surface area contributed by atoms with Crippen molar-refractivity contribution in [2.45, 2.75) is 0 Å². The van der Waals surface area contributed by atoms with E-state index in [1.54, 1.807) is 12.1 Å². The maximum Gasteiger partial charge on any atom is 0.336 e. The number of aliphatic carboxylic acids is 1. The molecule has 0 amide bonds. The number of halogens is 1. The predicted octanol–water partition coefficient (Wildman–Crippen LogP) is 3.71. The largest absolute Gasteiger partial charge is 0.478 e.